The van der Waals surface area contributed by atoms with E-state index in [1.54, 1.807) is 12.1 Å². The molecule has 3 rings (SSSR count). The highest BCUT2D eigenvalue weighted by Crippen LogP contribution is 2.36. The molecule has 2 N–H and O–H groups in total. The lowest BCUT2D eigenvalue weighted by Gasteiger charge is -2.26. The summed E-state index contributed by atoms with van der Waals surface area (Å²) in [7, 11) is 1.33. The van der Waals surface area contributed by atoms with Gasteiger partial charge in [0.15, 0.2) is 11.5 Å². The Morgan fingerprint density at radius 2 is 1.89 bits per heavy atom. The average Bonchev–Trinajstić information content (AvgIpc) is 2.61. The summed E-state index contributed by atoms with van der Waals surface area (Å²) in [5.74, 6) is -1.88. The Kier molecular flexibility index (Phi) is 5.07. The number of aromatic hydroxyl groups is 1. The van der Waals surface area contributed by atoms with E-state index in [9.17, 15) is 19.5 Å². The molecule has 1 heterocycles. The number of nitrogens with zero attached hydrogens (tertiary/aromatic N) is 1. The first kappa shape index (κ1) is 18.8. The van der Waals surface area contributed by atoms with Crippen molar-refractivity contribution < 1.29 is 24.2 Å². The first-order chi connectivity index (χ1) is 12.8. The van der Waals surface area contributed by atoms with Crippen molar-refractivity contribution >= 4 is 52.8 Å². The Bertz CT molecular complexity index is 1000. The van der Waals surface area contributed by atoms with Gasteiger partial charge in [-0.25, -0.2) is 9.69 Å². The Hall–Kier alpha value is -3.03. The first-order valence-corrected chi connectivity index (χ1v) is 8.31. The van der Waals surface area contributed by atoms with Crippen LogP contribution in [0.1, 0.15) is 5.56 Å². The molecule has 0 spiro atoms. The smallest absolute Gasteiger partial charge is 0.335 e. The number of carbonyl (C=O) groups excluding carboxylic acids is 3. The molecule has 0 bridgehead atoms. The van der Waals surface area contributed by atoms with Crippen molar-refractivity contribution in [2.45, 2.75) is 0 Å². The molecule has 138 valence electrons. The largest absolute Gasteiger partial charge is 0.503 e. The maximum absolute atomic E-state index is 12.8. The molecule has 0 radical (unpaired) electrons. The summed E-state index contributed by atoms with van der Waals surface area (Å²) in [5, 5.41) is 12.2. The standard InChI is InChI=1S/C18H12Cl2N2O5/c1-27-14-7-9(6-13(20)15(14)23)5-12-16(24)21-18(26)22(17(12)25)11-4-2-3-10(19)8-11/h2-8,23H,1H3,(H,21,24,26)/b12-5+. The van der Waals surface area contributed by atoms with Crippen LogP contribution in [0.5, 0.6) is 11.5 Å². The van der Waals surface area contributed by atoms with Crippen LogP contribution < -0.4 is 15.0 Å². The fourth-order valence-corrected chi connectivity index (χ4v) is 2.91. The number of halogens is 2. The number of nitrogens with one attached hydrogen (secondary N) is 1. The van der Waals surface area contributed by atoms with Crippen LogP contribution in [0.2, 0.25) is 10.0 Å². The normalized spacial score (nSPS) is 15.9. The molecule has 0 atom stereocenters. The summed E-state index contributed by atoms with van der Waals surface area (Å²) in [5.41, 5.74) is 0.247. The lowest BCUT2D eigenvalue weighted by molar-refractivity contribution is -0.122. The third kappa shape index (κ3) is 3.60. The lowest BCUT2D eigenvalue weighted by Crippen LogP contribution is -2.54. The van der Waals surface area contributed by atoms with Crippen molar-refractivity contribution in [3.8, 4) is 11.5 Å². The van der Waals surface area contributed by atoms with Crippen molar-refractivity contribution in [2.24, 2.45) is 0 Å². The molecule has 1 aliphatic rings. The maximum Gasteiger partial charge on any atom is 0.335 e. The molecule has 0 saturated carbocycles. The van der Waals surface area contributed by atoms with Crippen molar-refractivity contribution in [3.63, 3.8) is 0 Å². The summed E-state index contributed by atoms with van der Waals surface area (Å²) in [6.07, 6.45) is 1.25. The SMILES string of the molecule is COc1cc(/C=C2\C(=O)NC(=O)N(c3cccc(Cl)c3)C2=O)cc(Cl)c1O. The highest BCUT2D eigenvalue weighted by molar-refractivity contribution is 6.39. The van der Waals surface area contributed by atoms with Gasteiger partial charge in [-0.05, 0) is 42.0 Å². The van der Waals surface area contributed by atoms with Crippen LogP contribution in [0.15, 0.2) is 42.0 Å². The molecule has 9 heteroatoms. The molecule has 2 aromatic carbocycles. The number of phenolic OH excluding ortho intramolecular Hbond substituents is 1. The molecule has 0 aromatic heterocycles. The monoisotopic (exact) mass is 406 g/mol. The van der Waals surface area contributed by atoms with Gasteiger partial charge < -0.3 is 9.84 Å². The number of methoxy groups -OCH3 is 1. The molecule has 1 fully saturated rings. The summed E-state index contributed by atoms with van der Waals surface area (Å²) in [6, 6.07) is 7.96. The second-order valence-corrected chi connectivity index (χ2v) is 6.33. The van der Waals surface area contributed by atoms with Gasteiger partial charge in [0, 0.05) is 5.02 Å². The van der Waals surface area contributed by atoms with Crippen LogP contribution in [-0.4, -0.2) is 30.1 Å². The summed E-state index contributed by atoms with van der Waals surface area (Å²) < 4.78 is 5.00. The predicted molar refractivity (Wildman–Crippen MR) is 100 cm³/mol. The highest BCUT2D eigenvalue weighted by atomic mass is 35.5. The number of hydrogen-bond donors (Lipinski definition) is 2. The van der Waals surface area contributed by atoms with Crippen molar-refractivity contribution in [1.82, 2.24) is 5.32 Å². The molecule has 2 aromatic rings. The van der Waals surface area contributed by atoms with Crippen LogP contribution in [0, 0.1) is 0 Å². The zero-order valence-electron chi connectivity index (χ0n) is 13.8. The minimum Gasteiger partial charge on any atom is -0.503 e. The molecule has 1 aliphatic heterocycles. The predicted octanol–water partition coefficient (Wildman–Crippen LogP) is 3.37. The minimum atomic E-state index is -0.884. The molecule has 0 aliphatic carbocycles. The molecular formula is C18H12Cl2N2O5. The van der Waals surface area contributed by atoms with Gasteiger partial charge in [0.2, 0.25) is 0 Å². The van der Waals surface area contributed by atoms with E-state index in [0.717, 1.165) is 4.90 Å². The van der Waals surface area contributed by atoms with E-state index < -0.39 is 17.8 Å². The fraction of sp³-hybridized carbons (Fsp3) is 0.0556. The second-order valence-electron chi connectivity index (χ2n) is 5.49. The quantitative estimate of drug-likeness (QED) is 0.601. The van der Waals surface area contributed by atoms with E-state index in [4.69, 9.17) is 27.9 Å². The van der Waals surface area contributed by atoms with E-state index >= 15 is 0 Å². The van der Waals surface area contributed by atoms with Gasteiger partial charge >= 0.3 is 6.03 Å². The molecule has 1 saturated heterocycles. The van der Waals surface area contributed by atoms with Gasteiger partial charge in [-0.3, -0.25) is 14.9 Å². The zero-order valence-corrected chi connectivity index (χ0v) is 15.3. The Morgan fingerprint density at radius 1 is 1.15 bits per heavy atom. The van der Waals surface area contributed by atoms with E-state index in [-0.39, 0.29) is 27.8 Å². The number of ether oxygens (including phenoxy) is 1. The Labute approximate surface area is 163 Å². The van der Waals surface area contributed by atoms with Gasteiger partial charge in [0.25, 0.3) is 11.8 Å². The summed E-state index contributed by atoms with van der Waals surface area (Å²) in [4.78, 5) is 37.9. The van der Waals surface area contributed by atoms with Crippen molar-refractivity contribution in [1.29, 1.82) is 0 Å². The molecule has 0 unspecified atom stereocenters. The molecule has 7 nitrogen and oxygen atoms in total. The molecular weight excluding hydrogens is 395 g/mol. The minimum absolute atomic E-state index is 0.0207. The number of hydrogen-bond acceptors (Lipinski definition) is 5. The maximum atomic E-state index is 12.8. The van der Waals surface area contributed by atoms with Gasteiger partial charge in [0.1, 0.15) is 5.57 Å². The van der Waals surface area contributed by atoms with Crippen LogP contribution in [0.3, 0.4) is 0 Å². The van der Waals surface area contributed by atoms with Gasteiger partial charge in [-0.1, -0.05) is 29.3 Å². The van der Waals surface area contributed by atoms with Gasteiger partial charge in [-0.15, -0.1) is 0 Å². The molecule has 4 amide bonds. The lowest BCUT2D eigenvalue weighted by atomic mass is 10.1. The number of amides is 4. The summed E-state index contributed by atoms with van der Waals surface area (Å²) in [6.45, 7) is 0. The number of phenols is 1. The topological polar surface area (TPSA) is 95.9 Å². The highest BCUT2D eigenvalue weighted by Gasteiger charge is 2.36. The van der Waals surface area contributed by atoms with E-state index in [1.165, 1.54) is 37.5 Å². The Balaban J connectivity index is 2.06. The van der Waals surface area contributed by atoms with Gasteiger partial charge in [0.05, 0.1) is 17.8 Å². The van der Waals surface area contributed by atoms with Crippen molar-refractivity contribution in [2.75, 3.05) is 12.0 Å². The van der Waals surface area contributed by atoms with Crippen LogP contribution >= 0.6 is 23.2 Å². The first-order valence-electron chi connectivity index (χ1n) is 7.55. The van der Waals surface area contributed by atoms with Crippen LogP contribution in [0.4, 0.5) is 10.5 Å². The van der Waals surface area contributed by atoms with E-state index in [2.05, 4.69) is 5.32 Å². The van der Waals surface area contributed by atoms with E-state index in [1.807, 2.05) is 0 Å². The third-order valence-corrected chi connectivity index (χ3v) is 4.27. The zero-order chi connectivity index (χ0) is 19.7. The third-order valence-electron chi connectivity index (χ3n) is 3.75. The number of carbonyl (C=O) groups is 3. The number of benzene rings is 2. The van der Waals surface area contributed by atoms with Crippen LogP contribution in [-0.2, 0) is 9.59 Å². The summed E-state index contributed by atoms with van der Waals surface area (Å²) >= 11 is 11.8. The van der Waals surface area contributed by atoms with Gasteiger partial charge in [-0.2, -0.15) is 0 Å². The fourth-order valence-electron chi connectivity index (χ4n) is 2.51. The number of urea groups is 1. The van der Waals surface area contributed by atoms with Crippen molar-refractivity contribution in [3.05, 3.63) is 57.6 Å². The molecule has 27 heavy (non-hydrogen) atoms. The van der Waals surface area contributed by atoms with Crippen LogP contribution in [0.25, 0.3) is 6.08 Å². The Morgan fingerprint density at radius 3 is 2.56 bits per heavy atom. The average molecular weight is 407 g/mol. The number of anilines is 1. The second kappa shape index (κ2) is 7.30. The number of imide groups is 2. The number of barbiturate groups is 1. The number of rotatable bonds is 3. The van der Waals surface area contributed by atoms with E-state index in [0.29, 0.717) is 10.6 Å².